The molecule has 1 aliphatic heterocycles. The molecule has 0 aliphatic carbocycles. The lowest BCUT2D eigenvalue weighted by Crippen LogP contribution is -2.40. The number of hydrogen-bond donors (Lipinski definition) is 1. The average molecular weight is 543 g/mol. The summed E-state index contributed by atoms with van der Waals surface area (Å²) in [5.74, 6) is 0.328. The second kappa shape index (κ2) is 11.0. The fourth-order valence-electron chi connectivity index (χ4n) is 4.52. The predicted molar refractivity (Wildman–Crippen MR) is 149 cm³/mol. The van der Waals surface area contributed by atoms with Crippen LogP contribution < -0.4 is 24.4 Å². The molecule has 1 atom stereocenters. The molecular formula is C30H26N2O6S. The Kier molecular flexibility index (Phi) is 7.33. The van der Waals surface area contributed by atoms with E-state index in [0.717, 1.165) is 5.56 Å². The van der Waals surface area contributed by atoms with Crippen molar-refractivity contribution in [3.63, 3.8) is 0 Å². The van der Waals surface area contributed by atoms with E-state index in [1.54, 1.807) is 44.4 Å². The minimum Gasteiger partial charge on any atom is -0.504 e. The van der Waals surface area contributed by atoms with Gasteiger partial charge in [0.2, 0.25) is 0 Å². The zero-order valence-electron chi connectivity index (χ0n) is 21.6. The average Bonchev–Trinajstić information content (AvgIpc) is 3.27. The van der Waals surface area contributed by atoms with E-state index in [-0.39, 0.29) is 23.5 Å². The first kappa shape index (κ1) is 26.0. The smallest absolute Gasteiger partial charge is 0.338 e. The van der Waals surface area contributed by atoms with Crippen LogP contribution in [-0.2, 0) is 9.53 Å². The molecule has 0 saturated heterocycles. The summed E-state index contributed by atoms with van der Waals surface area (Å²) >= 11 is 1.20. The quantitative estimate of drug-likeness (QED) is 0.358. The van der Waals surface area contributed by atoms with Gasteiger partial charge in [-0.25, -0.2) is 9.79 Å². The third-order valence-corrected chi connectivity index (χ3v) is 7.27. The Hall–Kier alpha value is -4.63. The van der Waals surface area contributed by atoms with Crippen LogP contribution in [0.3, 0.4) is 0 Å². The Bertz CT molecular complexity index is 1750. The molecule has 0 unspecified atom stereocenters. The van der Waals surface area contributed by atoms with Gasteiger partial charge in [-0.2, -0.15) is 0 Å². The molecule has 2 heterocycles. The molecule has 9 heteroatoms. The van der Waals surface area contributed by atoms with Crippen LogP contribution >= 0.6 is 11.3 Å². The van der Waals surface area contributed by atoms with E-state index in [4.69, 9.17) is 19.2 Å². The van der Waals surface area contributed by atoms with Crippen molar-refractivity contribution < 1.29 is 24.1 Å². The fourth-order valence-corrected chi connectivity index (χ4v) is 5.52. The van der Waals surface area contributed by atoms with Crippen LogP contribution in [-0.4, -0.2) is 36.5 Å². The zero-order valence-corrected chi connectivity index (χ0v) is 22.4. The fraction of sp³-hybridized carbons (Fsp3) is 0.167. The minimum atomic E-state index is -0.808. The highest BCUT2D eigenvalue weighted by Crippen LogP contribution is 2.36. The second-order valence-corrected chi connectivity index (χ2v) is 9.65. The zero-order chi connectivity index (χ0) is 27.5. The number of methoxy groups -OCH3 is 2. The maximum Gasteiger partial charge on any atom is 0.338 e. The van der Waals surface area contributed by atoms with E-state index in [9.17, 15) is 14.7 Å². The van der Waals surface area contributed by atoms with Crippen LogP contribution in [0.4, 0.5) is 0 Å². The second-order valence-electron chi connectivity index (χ2n) is 8.64. The van der Waals surface area contributed by atoms with Gasteiger partial charge in [-0.1, -0.05) is 59.9 Å². The maximum atomic E-state index is 13.9. The summed E-state index contributed by atoms with van der Waals surface area (Å²) in [5, 5.41) is 10.2. The molecule has 1 N–H and O–H groups in total. The van der Waals surface area contributed by atoms with E-state index in [2.05, 4.69) is 0 Å². The molecule has 1 aliphatic rings. The van der Waals surface area contributed by atoms with Gasteiger partial charge in [0, 0.05) is 5.56 Å². The van der Waals surface area contributed by atoms with Crippen molar-refractivity contribution in [2.24, 2.45) is 4.99 Å². The predicted octanol–water partition coefficient (Wildman–Crippen LogP) is 3.66. The standard InChI is InChI=1S/C30H26N2O6S/c1-4-38-29(35)25-26(19-9-6-5-7-10-19)31-30-32(27(25)20-11-8-12-21(17-20)36-2)28(34)24(39-30)16-18-13-14-23(37-3)22(33)15-18/h5-17,27,33H,4H2,1-3H3/b24-16-/t27-/m0/s1. The lowest BCUT2D eigenvalue weighted by Gasteiger charge is -2.26. The van der Waals surface area contributed by atoms with Gasteiger partial charge in [0.15, 0.2) is 16.3 Å². The topological polar surface area (TPSA) is 99.4 Å². The molecule has 0 amide bonds. The van der Waals surface area contributed by atoms with Gasteiger partial charge in [-0.3, -0.25) is 9.36 Å². The van der Waals surface area contributed by atoms with Crippen molar-refractivity contribution in [1.82, 2.24) is 4.57 Å². The van der Waals surface area contributed by atoms with E-state index in [1.165, 1.54) is 29.1 Å². The largest absolute Gasteiger partial charge is 0.504 e. The highest BCUT2D eigenvalue weighted by Gasteiger charge is 2.35. The Balaban J connectivity index is 1.81. The lowest BCUT2D eigenvalue weighted by molar-refractivity contribution is -0.138. The number of carbonyl (C=O) groups is 1. The number of hydrogen-bond acceptors (Lipinski definition) is 8. The number of phenols is 1. The van der Waals surface area contributed by atoms with Gasteiger partial charge in [-0.15, -0.1) is 0 Å². The Morgan fingerprint density at radius 2 is 1.85 bits per heavy atom. The minimum absolute atomic E-state index is 0.0377. The molecule has 3 aromatic carbocycles. The number of thiazole rings is 1. The molecule has 8 nitrogen and oxygen atoms in total. The van der Waals surface area contributed by atoms with E-state index in [1.807, 2.05) is 42.5 Å². The van der Waals surface area contributed by atoms with Crippen molar-refractivity contribution in [2.45, 2.75) is 13.0 Å². The van der Waals surface area contributed by atoms with Crippen LogP contribution in [0.15, 0.2) is 88.2 Å². The van der Waals surface area contributed by atoms with Crippen LogP contribution in [0.2, 0.25) is 0 Å². The Morgan fingerprint density at radius 1 is 1.05 bits per heavy atom. The van der Waals surface area contributed by atoms with Gasteiger partial charge in [0.25, 0.3) is 5.56 Å². The first-order valence-corrected chi connectivity index (χ1v) is 13.1. The van der Waals surface area contributed by atoms with E-state index < -0.39 is 12.0 Å². The highest BCUT2D eigenvalue weighted by molar-refractivity contribution is 7.07. The number of fused-ring (bicyclic) bond motifs is 1. The number of aromatic hydroxyl groups is 1. The van der Waals surface area contributed by atoms with Crippen molar-refractivity contribution in [3.05, 3.63) is 115 Å². The summed E-state index contributed by atoms with van der Waals surface area (Å²) in [6.07, 6.45) is 1.68. The Morgan fingerprint density at radius 3 is 2.54 bits per heavy atom. The highest BCUT2D eigenvalue weighted by atomic mass is 32.1. The summed E-state index contributed by atoms with van der Waals surface area (Å²) in [4.78, 5) is 32.7. The number of nitrogens with zero attached hydrogens (tertiary/aromatic N) is 2. The van der Waals surface area contributed by atoms with Crippen LogP contribution in [0, 0.1) is 0 Å². The maximum absolute atomic E-state index is 13.9. The first-order valence-electron chi connectivity index (χ1n) is 12.2. The molecule has 0 bridgehead atoms. The van der Waals surface area contributed by atoms with Crippen molar-refractivity contribution >= 4 is 29.1 Å². The van der Waals surface area contributed by atoms with E-state index in [0.29, 0.717) is 37.7 Å². The number of benzene rings is 3. The summed E-state index contributed by atoms with van der Waals surface area (Å²) in [5.41, 5.74) is 2.40. The third-order valence-electron chi connectivity index (χ3n) is 6.28. The van der Waals surface area contributed by atoms with Crippen molar-refractivity contribution in [2.75, 3.05) is 20.8 Å². The molecule has 4 aromatic rings. The van der Waals surface area contributed by atoms with Crippen molar-refractivity contribution in [3.8, 4) is 17.2 Å². The normalized spacial score (nSPS) is 14.9. The van der Waals surface area contributed by atoms with Gasteiger partial charge < -0.3 is 19.3 Å². The number of phenolic OH excluding ortho intramolecular Hbond substituents is 1. The summed E-state index contributed by atoms with van der Waals surface area (Å²) in [7, 11) is 3.03. The number of carbonyl (C=O) groups excluding carboxylic acids is 1. The SMILES string of the molecule is CCOC(=O)C1=C(c2ccccc2)N=c2s/c(=C\c3ccc(OC)c(O)c3)c(=O)n2[C@H]1c1cccc(OC)c1. The van der Waals surface area contributed by atoms with Gasteiger partial charge in [0.05, 0.1) is 42.7 Å². The molecule has 0 fully saturated rings. The van der Waals surface area contributed by atoms with Gasteiger partial charge >= 0.3 is 5.97 Å². The number of aromatic nitrogens is 1. The van der Waals surface area contributed by atoms with Gasteiger partial charge in [0.1, 0.15) is 5.75 Å². The van der Waals surface area contributed by atoms with Crippen molar-refractivity contribution in [1.29, 1.82) is 0 Å². The molecule has 5 rings (SSSR count). The molecular weight excluding hydrogens is 516 g/mol. The molecule has 0 radical (unpaired) electrons. The molecule has 198 valence electrons. The third kappa shape index (κ3) is 4.96. The molecule has 1 aromatic heterocycles. The monoisotopic (exact) mass is 542 g/mol. The number of ether oxygens (including phenoxy) is 3. The first-order chi connectivity index (χ1) is 18.9. The number of esters is 1. The van der Waals surface area contributed by atoms with Gasteiger partial charge in [-0.05, 0) is 48.4 Å². The summed E-state index contributed by atoms with van der Waals surface area (Å²) in [6.45, 7) is 1.90. The lowest BCUT2D eigenvalue weighted by atomic mass is 9.93. The van der Waals surface area contributed by atoms with Crippen LogP contribution in [0.25, 0.3) is 11.8 Å². The Labute approximate surface area is 228 Å². The molecule has 0 spiro atoms. The van der Waals surface area contributed by atoms with Crippen LogP contribution in [0.5, 0.6) is 17.2 Å². The molecule has 0 saturated carbocycles. The summed E-state index contributed by atoms with van der Waals surface area (Å²) in [6, 6.07) is 20.7. The number of rotatable bonds is 7. The molecule has 39 heavy (non-hydrogen) atoms. The summed E-state index contributed by atoms with van der Waals surface area (Å²) < 4.78 is 18.0. The van der Waals surface area contributed by atoms with Crippen LogP contribution in [0.1, 0.15) is 29.7 Å². The van der Waals surface area contributed by atoms with E-state index >= 15 is 0 Å².